The maximum atomic E-state index is 5.40. The van der Waals surface area contributed by atoms with Gasteiger partial charge in [0.1, 0.15) is 0 Å². The van der Waals surface area contributed by atoms with E-state index in [-0.39, 0.29) is 0 Å². The first-order chi connectivity index (χ1) is 13.7. The lowest BCUT2D eigenvalue weighted by Crippen LogP contribution is -2.32. The summed E-state index contributed by atoms with van der Waals surface area (Å²) in [6, 6.07) is 3.74. The zero-order chi connectivity index (χ0) is 20.2. The minimum absolute atomic E-state index is 0.576. The van der Waals surface area contributed by atoms with Gasteiger partial charge in [-0.15, -0.1) is 0 Å². The number of methoxy groups -OCH3 is 3. The number of ether oxygens (including phenoxy) is 3. The van der Waals surface area contributed by atoms with Crippen molar-refractivity contribution < 1.29 is 14.2 Å². The fourth-order valence-corrected chi connectivity index (χ4v) is 3.50. The standard InChI is InChI=1S/C21H36N4O3/c1-22-21(23-11-7-5-8-12-25-13-9-6-10-14-25)24-17-15-18(26-2)20(28-4)19(16-17)27-3/h15-16H,5-14H2,1-4H3,(H2,22,23,24). The lowest BCUT2D eigenvalue weighted by molar-refractivity contribution is 0.224. The van der Waals surface area contributed by atoms with Crippen molar-refractivity contribution in [3.8, 4) is 17.2 Å². The van der Waals surface area contributed by atoms with Gasteiger partial charge in [0, 0.05) is 31.4 Å². The normalized spacial score (nSPS) is 15.2. The van der Waals surface area contributed by atoms with E-state index >= 15 is 0 Å². The Bertz CT molecular complexity index is 591. The zero-order valence-corrected chi connectivity index (χ0v) is 17.8. The molecule has 1 aromatic carbocycles. The predicted octanol–water partition coefficient (Wildman–Crippen LogP) is 3.36. The summed E-state index contributed by atoms with van der Waals surface area (Å²) >= 11 is 0. The van der Waals surface area contributed by atoms with E-state index in [9.17, 15) is 0 Å². The number of rotatable bonds is 10. The molecule has 158 valence electrons. The smallest absolute Gasteiger partial charge is 0.203 e. The third-order valence-corrected chi connectivity index (χ3v) is 5.04. The van der Waals surface area contributed by atoms with Gasteiger partial charge in [-0.3, -0.25) is 4.99 Å². The van der Waals surface area contributed by atoms with Crippen LogP contribution in [0.25, 0.3) is 0 Å². The summed E-state index contributed by atoms with van der Waals surface area (Å²) in [7, 11) is 6.58. The summed E-state index contributed by atoms with van der Waals surface area (Å²) in [4.78, 5) is 6.90. The SMILES string of the molecule is CN=C(NCCCCCN1CCCCC1)Nc1cc(OC)c(OC)c(OC)c1. The first-order valence-electron chi connectivity index (χ1n) is 10.2. The van der Waals surface area contributed by atoms with E-state index in [1.165, 1.54) is 51.7 Å². The fourth-order valence-electron chi connectivity index (χ4n) is 3.50. The maximum absolute atomic E-state index is 5.40. The second-order valence-electron chi connectivity index (χ2n) is 7.00. The Morgan fingerprint density at radius 2 is 1.64 bits per heavy atom. The first kappa shape index (κ1) is 22.1. The number of aliphatic imine (C=N–C) groups is 1. The molecule has 1 fully saturated rings. The van der Waals surface area contributed by atoms with Crippen molar-refractivity contribution in [3.05, 3.63) is 12.1 Å². The van der Waals surface area contributed by atoms with Gasteiger partial charge >= 0.3 is 0 Å². The molecule has 1 saturated heterocycles. The van der Waals surface area contributed by atoms with E-state index in [1.54, 1.807) is 28.4 Å². The molecule has 0 saturated carbocycles. The summed E-state index contributed by atoms with van der Waals surface area (Å²) in [5.41, 5.74) is 0.827. The Balaban J connectivity index is 1.76. The van der Waals surface area contributed by atoms with Crippen molar-refractivity contribution in [2.24, 2.45) is 4.99 Å². The molecule has 1 heterocycles. The molecule has 0 bridgehead atoms. The second kappa shape index (κ2) is 12.3. The van der Waals surface area contributed by atoms with Gasteiger partial charge in [-0.2, -0.15) is 0 Å². The average molecular weight is 393 g/mol. The van der Waals surface area contributed by atoms with Crippen LogP contribution in [0.5, 0.6) is 17.2 Å². The summed E-state index contributed by atoms with van der Waals surface area (Å²) in [6.07, 6.45) is 7.75. The molecule has 28 heavy (non-hydrogen) atoms. The number of nitrogens with zero attached hydrogens (tertiary/aromatic N) is 2. The third-order valence-electron chi connectivity index (χ3n) is 5.04. The number of piperidine rings is 1. The lowest BCUT2D eigenvalue weighted by Gasteiger charge is -2.26. The maximum Gasteiger partial charge on any atom is 0.203 e. The summed E-state index contributed by atoms with van der Waals surface area (Å²) in [6.45, 7) is 4.69. The van der Waals surface area contributed by atoms with E-state index in [0.29, 0.717) is 17.2 Å². The highest BCUT2D eigenvalue weighted by Gasteiger charge is 2.14. The minimum Gasteiger partial charge on any atom is -0.493 e. The summed E-state index contributed by atoms with van der Waals surface area (Å²) < 4.78 is 16.2. The van der Waals surface area contributed by atoms with Gasteiger partial charge < -0.3 is 29.7 Å². The van der Waals surface area contributed by atoms with E-state index in [1.807, 2.05) is 12.1 Å². The van der Waals surface area contributed by atoms with Crippen LogP contribution in [0.15, 0.2) is 17.1 Å². The highest BCUT2D eigenvalue weighted by Crippen LogP contribution is 2.39. The number of benzene rings is 1. The molecular formula is C21H36N4O3. The van der Waals surface area contributed by atoms with E-state index in [4.69, 9.17) is 14.2 Å². The molecule has 1 aliphatic heterocycles. The molecule has 0 unspecified atom stereocenters. The summed E-state index contributed by atoms with van der Waals surface area (Å²) in [5.74, 6) is 2.52. The first-order valence-corrected chi connectivity index (χ1v) is 10.2. The van der Waals surface area contributed by atoms with Crippen LogP contribution in [0.4, 0.5) is 5.69 Å². The summed E-state index contributed by atoms with van der Waals surface area (Å²) in [5, 5.41) is 6.66. The number of anilines is 1. The van der Waals surface area contributed by atoms with Gasteiger partial charge in [0.05, 0.1) is 21.3 Å². The number of unbranched alkanes of at least 4 members (excludes halogenated alkanes) is 2. The predicted molar refractivity (Wildman–Crippen MR) is 115 cm³/mol. The number of hydrogen-bond acceptors (Lipinski definition) is 5. The molecule has 0 aliphatic carbocycles. The van der Waals surface area contributed by atoms with Gasteiger partial charge in [0.15, 0.2) is 17.5 Å². The van der Waals surface area contributed by atoms with E-state index < -0.39 is 0 Å². The van der Waals surface area contributed by atoms with Crippen molar-refractivity contribution in [2.45, 2.75) is 38.5 Å². The quantitative estimate of drug-likeness (QED) is 0.362. The number of nitrogens with one attached hydrogen (secondary N) is 2. The molecular weight excluding hydrogens is 356 g/mol. The van der Waals surface area contributed by atoms with E-state index in [0.717, 1.165) is 24.6 Å². The molecule has 1 aromatic rings. The van der Waals surface area contributed by atoms with Crippen LogP contribution in [0.3, 0.4) is 0 Å². The molecule has 2 rings (SSSR count). The third kappa shape index (κ3) is 6.78. The number of hydrogen-bond donors (Lipinski definition) is 2. The zero-order valence-electron chi connectivity index (χ0n) is 17.8. The van der Waals surface area contributed by atoms with Gasteiger partial charge in [0.2, 0.25) is 5.75 Å². The van der Waals surface area contributed by atoms with E-state index in [2.05, 4.69) is 20.5 Å². The minimum atomic E-state index is 0.576. The molecule has 1 aliphatic rings. The largest absolute Gasteiger partial charge is 0.493 e. The molecule has 0 amide bonds. The molecule has 0 spiro atoms. The van der Waals surface area contributed by atoms with Crippen LogP contribution < -0.4 is 24.8 Å². The highest BCUT2D eigenvalue weighted by atomic mass is 16.5. The Kier molecular flexibility index (Phi) is 9.76. The van der Waals surface area contributed by atoms with Crippen LogP contribution in [-0.4, -0.2) is 65.4 Å². The highest BCUT2D eigenvalue weighted by molar-refractivity contribution is 5.94. The van der Waals surface area contributed by atoms with Crippen molar-refractivity contribution >= 4 is 11.6 Å². The Morgan fingerprint density at radius 3 is 2.21 bits per heavy atom. The van der Waals surface area contributed by atoms with Crippen molar-refractivity contribution in [2.75, 3.05) is 59.9 Å². The lowest BCUT2D eigenvalue weighted by atomic mass is 10.1. The Morgan fingerprint density at radius 1 is 0.964 bits per heavy atom. The topological polar surface area (TPSA) is 67.4 Å². The Labute approximate surface area is 169 Å². The number of guanidine groups is 1. The molecule has 2 N–H and O–H groups in total. The molecule has 0 radical (unpaired) electrons. The molecule has 0 aromatic heterocycles. The molecule has 0 atom stereocenters. The fraction of sp³-hybridized carbons (Fsp3) is 0.667. The monoisotopic (exact) mass is 392 g/mol. The van der Waals surface area contributed by atoms with Crippen LogP contribution in [0.1, 0.15) is 38.5 Å². The van der Waals surface area contributed by atoms with Gasteiger partial charge in [-0.1, -0.05) is 12.8 Å². The Hall–Kier alpha value is -2.15. The van der Waals surface area contributed by atoms with Crippen LogP contribution >= 0.6 is 0 Å². The van der Waals surface area contributed by atoms with Gasteiger partial charge in [-0.25, -0.2) is 0 Å². The van der Waals surface area contributed by atoms with Gasteiger partial charge in [-0.05, 0) is 45.3 Å². The van der Waals surface area contributed by atoms with Crippen molar-refractivity contribution in [3.63, 3.8) is 0 Å². The van der Waals surface area contributed by atoms with Crippen molar-refractivity contribution in [1.82, 2.24) is 10.2 Å². The number of likely N-dealkylation sites (tertiary alicyclic amines) is 1. The molecule has 7 nitrogen and oxygen atoms in total. The van der Waals surface area contributed by atoms with Crippen LogP contribution in [0.2, 0.25) is 0 Å². The van der Waals surface area contributed by atoms with Crippen LogP contribution in [0, 0.1) is 0 Å². The second-order valence-corrected chi connectivity index (χ2v) is 7.00. The van der Waals surface area contributed by atoms with Gasteiger partial charge in [0.25, 0.3) is 0 Å². The molecule has 7 heteroatoms. The van der Waals surface area contributed by atoms with Crippen molar-refractivity contribution in [1.29, 1.82) is 0 Å². The van der Waals surface area contributed by atoms with Crippen LogP contribution in [-0.2, 0) is 0 Å². The average Bonchev–Trinajstić information content (AvgIpc) is 2.75.